The van der Waals surface area contributed by atoms with Crippen molar-refractivity contribution in [2.24, 2.45) is 0 Å². The quantitative estimate of drug-likeness (QED) is 0.152. The normalized spacial score (nSPS) is 11.3. The van der Waals surface area contributed by atoms with Gasteiger partial charge < -0.3 is 0 Å². The molecule has 0 heterocycles. The van der Waals surface area contributed by atoms with Crippen LogP contribution < -0.4 is 0 Å². The first-order valence-corrected chi connectivity index (χ1v) is 16.4. The van der Waals surface area contributed by atoms with Gasteiger partial charge in [-0.05, 0) is 108 Å². The van der Waals surface area contributed by atoms with Crippen LogP contribution in [-0.4, -0.2) is 0 Å². The molecule has 0 heteroatoms. The van der Waals surface area contributed by atoms with Gasteiger partial charge >= 0.3 is 0 Å². The Morgan fingerprint density at radius 1 is 0.277 bits per heavy atom. The molecular weight excluding hydrogens is 565 g/mol. The molecule has 0 fully saturated rings. The maximum atomic E-state index is 2.26. The zero-order valence-electron chi connectivity index (χ0n) is 27.1. The average molecular weight is 601 g/mol. The van der Waals surface area contributed by atoms with E-state index in [1.807, 2.05) is 0 Å². The van der Waals surface area contributed by atoms with Crippen molar-refractivity contribution in [1.82, 2.24) is 0 Å². The SMILES string of the molecule is Cc1cc2ccccc2c2ccccc12.Cc1ccc2c(ccc3ccccc32)c1.Cc1ccc2c3c(cccc13)-c1ccccc1-2. The Kier molecular flexibility index (Phi) is 7.27. The first-order valence-electron chi connectivity index (χ1n) is 16.4. The number of benzene rings is 9. The van der Waals surface area contributed by atoms with Gasteiger partial charge in [-0.15, -0.1) is 0 Å². The summed E-state index contributed by atoms with van der Waals surface area (Å²) < 4.78 is 0. The molecular formula is C47H36. The smallest absolute Gasteiger partial charge is 0.00237 e. The van der Waals surface area contributed by atoms with Gasteiger partial charge in [-0.2, -0.15) is 0 Å². The summed E-state index contributed by atoms with van der Waals surface area (Å²) in [6.45, 7) is 6.50. The van der Waals surface area contributed by atoms with Crippen molar-refractivity contribution < 1.29 is 0 Å². The highest BCUT2D eigenvalue weighted by atomic mass is 14.2. The number of aryl methyl sites for hydroxylation is 3. The molecule has 0 amide bonds. The van der Waals surface area contributed by atoms with Gasteiger partial charge in [0.05, 0.1) is 0 Å². The first-order chi connectivity index (χ1) is 23.1. The van der Waals surface area contributed by atoms with Gasteiger partial charge in [0.25, 0.3) is 0 Å². The largest absolute Gasteiger partial charge is 0.0616 e. The fraction of sp³-hybridized carbons (Fsp3) is 0.0638. The lowest BCUT2D eigenvalue weighted by molar-refractivity contribution is 1.51. The highest BCUT2D eigenvalue weighted by Gasteiger charge is 2.20. The summed E-state index contributed by atoms with van der Waals surface area (Å²) in [4.78, 5) is 0. The van der Waals surface area contributed by atoms with Gasteiger partial charge in [-0.25, -0.2) is 0 Å². The van der Waals surface area contributed by atoms with Crippen LogP contribution in [0.1, 0.15) is 16.7 Å². The maximum Gasteiger partial charge on any atom is -0.00237 e. The summed E-state index contributed by atoms with van der Waals surface area (Å²) >= 11 is 0. The number of fused-ring (bicyclic) bond motifs is 9. The summed E-state index contributed by atoms with van der Waals surface area (Å²) in [7, 11) is 0. The van der Waals surface area contributed by atoms with Crippen LogP contribution in [0.3, 0.4) is 0 Å². The van der Waals surface area contributed by atoms with Gasteiger partial charge in [0, 0.05) is 0 Å². The van der Waals surface area contributed by atoms with Crippen molar-refractivity contribution in [2.45, 2.75) is 20.8 Å². The van der Waals surface area contributed by atoms with E-state index in [0.29, 0.717) is 0 Å². The average Bonchev–Trinajstić information content (AvgIpc) is 3.45. The molecule has 0 saturated heterocycles. The van der Waals surface area contributed by atoms with Crippen LogP contribution in [-0.2, 0) is 0 Å². The lowest BCUT2D eigenvalue weighted by atomic mass is 9.98. The predicted octanol–water partition coefficient (Wildman–Crippen LogP) is 13.4. The van der Waals surface area contributed by atoms with E-state index >= 15 is 0 Å². The highest BCUT2D eigenvalue weighted by molar-refractivity contribution is 6.16. The van der Waals surface area contributed by atoms with E-state index in [9.17, 15) is 0 Å². The van der Waals surface area contributed by atoms with Gasteiger partial charge in [0.15, 0.2) is 0 Å². The lowest BCUT2D eigenvalue weighted by Gasteiger charge is -2.06. The Morgan fingerprint density at radius 3 is 1.55 bits per heavy atom. The third-order valence-electron chi connectivity index (χ3n) is 9.64. The third-order valence-corrected chi connectivity index (χ3v) is 9.64. The second-order valence-corrected chi connectivity index (χ2v) is 12.7. The molecule has 224 valence electrons. The van der Waals surface area contributed by atoms with Crippen LogP contribution >= 0.6 is 0 Å². The van der Waals surface area contributed by atoms with Crippen molar-refractivity contribution in [3.63, 3.8) is 0 Å². The Morgan fingerprint density at radius 2 is 0.787 bits per heavy atom. The molecule has 0 saturated carbocycles. The van der Waals surface area contributed by atoms with E-state index in [4.69, 9.17) is 0 Å². The van der Waals surface area contributed by atoms with Crippen LogP contribution in [0, 0.1) is 20.8 Å². The minimum absolute atomic E-state index is 1.31. The monoisotopic (exact) mass is 600 g/mol. The van der Waals surface area contributed by atoms with E-state index in [1.54, 1.807) is 0 Å². The zero-order valence-corrected chi connectivity index (χ0v) is 27.1. The molecule has 1 aliphatic rings. The summed E-state index contributed by atoms with van der Waals surface area (Å²) in [5.41, 5.74) is 9.55. The van der Waals surface area contributed by atoms with Gasteiger partial charge in [0.1, 0.15) is 0 Å². The number of hydrogen-bond acceptors (Lipinski definition) is 0. The summed E-state index contributed by atoms with van der Waals surface area (Å²) in [6.07, 6.45) is 0. The molecule has 9 aromatic rings. The van der Waals surface area contributed by atoms with Gasteiger partial charge in [-0.3, -0.25) is 0 Å². The highest BCUT2D eigenvalue weighted by Crippen LogP contribution is 2.47. The zero-order chi connectivity index (χ0) is 31.9. The lowest BCUT2D eigenvalue weighted by Crippen LogP contribution is -1.81. The Bertz CT molecular complexity index is 2570. The molecule has 0 nitrogen and oxygen atoms in total. The molecule has 0 aromatic heterocycles. The Labute approximate surface area is 276 Å². The Balaban J connectivity index is 0.000000104. The Hall–Kier alpha value is -5.72. The minimum atomic E-state index is 1.31. The van der Waals surface area contributed by atoms with Crippen LogP contribution in [0.15, 0.2) is 164 Å². The van der Waals surface area contributed by atoms with E-state index in [0.717, 1.165) is 0 Å². The van der Waals surface area contributed by atoms with Crippen LogP contribution in [0.25, 0.3) is 76.1 Å². The molecule has 10 rings (SSSR count). The third kappa shape index (κ3) is 5.13. The minimum Gasteiger partial charge on any atom is -0.0616 e. The maximum absolute atomic E-state index is 2.26. The molecule has 1 aliphatic carbocycles. The number of rotatable bonds is 0. The van der Waals surface area contributed by atoms with Crippen molar-refractivity contribution >= 4 is 53.9 Å². The molecule has 0 bridgehead atoms. The summed E-state index contributed by atoms with van der Waals surface area (Å²) in [5.74, 6) is 0. The predicted molar refractivity (Wildman–Crippen MR) is 205 cm³/mol. The van der Waals surface area contributed by atoms with E-state index in [2.05, 4.69) is 185 Å². The topological polar surface area (TPSA) is 0 Å². The van der Waals surface area contributed by atoms with Crippen molar-refractivity contribution in [1.29, 1.82) is 0 Å². The molecule has 0 aliphatic heterocycles. The van der Waals surface area contributed by atoms with Crippen LogP contribution in [0.5, 0.6) is 0 Å². The second kappa shape index (κ2) is 11.9. The van der Waals surface area contributed by atoms with Crippen molar-refractivity contribution in [2.75, 3.05) is 0 Å². The summed E-state index contributed by atoms with van der Waals surface area (Å²) in [5, 5.41) is 13.5. The van der Waals surface area contributed by atoms with E-state index in [-0.39, 0.29) is 0 Å². The van der Waals surface area contributed by atoms with Crippen molar-refractivity contribution in [3.8, 4) is 22.3 Å². The van der Waals surface area contributed by atoms with Crippen molar-refractivity contribution in [3.05, 3.63) is 180 Å². The van der Waals surface area contributed by atoms with Crippen LogP contribution in [0.2, 0.25) is 0 Å². The fourth-order valence-corrected chi connectivity index (χ4v) is 7.33. The molecule has 0 atom stereocenters. The molecule has 0 unspecified atom stereocenters. The van der Waals surface area contributed by atoms with Gasteiger partial charge in [0.2, 0.25) is 0 Å². The van der Waals surface area contributed by atoms with E-state index in [1.165, 1.54) is 92.8 Å². The summed E-state index contributed by atoms with van der Waals surface area (Å²) in [6, 6.07) is 58.8. The van der Waals surface area contributed by atoms with E-state index < -0.39 is 0 Å². The van der Waals surface area contributed by atoms with Gasteiger partial charge in [-0.1, -0.05) is 169 Å². The van der Waals surface area contributed by atoms with Crippen LogP contribution in [0.4, 0.5) is 0 Å². The fourth-order valence-electron chi connectivity index (χ4n) is 7.33. The molecule has 9 aromatic carbocycles. The number of hydrogen-bond donors (Lipinski definition) is 0. The molecule has 47 heavy (non-hydrogen) atoms. The molecule has 0 spiro atoms. The first kappa shape index (κ1) is 28.7. The molecule has 0 N–H and O–H groups in total. The second-order valence-electron chi connectivity index (χ2n) is 12.7. The molecule has 0 radical (unpaired) electrons. The standard InChI is InChI=1S/C17H12.2C15H12/c1-11-9-10-16-14-6-3-2-5-13(14)15-8-4-7-12(11)17(15)16;1-11-10-12-6-2-3-8-14(12)15-9-5-4-7-13(11)15;1-11-6-9-15-13(10-11)8-7-12-4-2-3-5-14(12)15/h2-10H,1H3;2*2-10H,1H3.